The van der Waals surface area contributed by atoms with Gasteiger partial charge in [0, 0.05) is 17.0 Å². The van der Waals surface area contributed by atoms with Crippen molar-refractivity contribution in [1.82, 2.24) is 0 Å². The van der Waals surface area contributed by atoms with Crippen LogP contribution >= 0.6 is 11.8 Å². The molecule has 1 aromatic carbocycles. The second-order valence-corrected chi connectivity index (χ2v) is 6.18. The summed E-state index contributed by atoms with van der Waals surface area (Å²) < 4.78 is 0.0829. The van der Waals surface area contributed by atoms with E-state index in [1.165, 1.54) is 0 Å². The maximum absolute atomic E-state index is 11.1. The summed E-state index contributed by atoms with van der Waals surface area (Å²) in [7, 11) is 0. The molecule has 3 nitrogen and oxygen atoms in total. The highest BCUT2D eigenvalue weighted by Gasteiger charge is 2.17. The van der Waals surface area contributed by atoms with E-state index in [-0.39, 0.29) is 4.75 Å². The number of carbonyl (C=O) groups is 1. The summed E-state index contributed by atoms with van der Waals surface area (Å²) in [6, 6.07) is 5.33. The lowest BCUT2D eigenvalue weighted by atomic mass is 10.1. The van der Waals surface area contributed by atoms with Crippen LogP contribution in [-0.2, 0) is 0 Å². The van der Waals surface area contributed by atoms with Gasteiger partial charge in [0.05, 0.1) is 5.56 Å². The Hall–Kier alpha value is -1.16. The minimum Gasteiger partial charge on any atom is -0.478 e. The first-order valence-electron chi connectivity index (χ1n) is 5.49. The van der Waals surface area contributed by atoms with E-state index in [0.717, 1.165) is 12.1 Å². The monoisotopic (exact) mass is 253 g/mol. The van der Waals surface area contributed by atoms with E-state index in [4.69, 9.17) is 5.11 Å². The number of hydrogen-bond donors (Lipinski definition) is 2. The average molecular weight is 253 g/mol. The molecule has 0 saturated carbocycles. The fourth-order valence-corrected chi connectivity index (χ4v) is 1.59. The zero-order valence-corrected chi connectivity index (χ0v) is 11.5. The number of aryl methyl sites for hydroxylation is 1. The first-order valence-corrected chi connectivity index (χ1v) is 6.71. The highest BCUT2D eigenvalue weighted by atomic mass is 32.2. The fraction of sp³-hybridized carbons (Fsp3) is 0.462. The van der Waals surface area contributed by atoms with Crippen LogP contribution in [0.15, 0.2) is 18.2 Å². The number of rotatable bonds is 5. The Morgan fingerprint density at radius 3 is 2.65 bits per heavy atom. The molecule has 0 aliphatic carbocycles. The maximum atomic E-state index is 11.1. The van der Waals surface area contributed by atoms with Gasteiger partial charge in [-0.15, -0.1) is 0 Å². The van der Waals surface area contributed by atoms with Crippen molar-refractivity contribution in [2.45, 2.75) is 25.5 Å². The lowest BCUT2D eigenvalue weighted by Gasteiger charge is -2.23. The number of hydrogen-bond acceptors (Lipinski definition) is 3. The van der Waals surface area contributed by atoms with Crippen LogP contribution in [0.3, 0.4) is 0 Å². The molecule has 0 saturated heterocycles. The molecule has 0 aromatic heterocycles. The highest BCUT2D eigenvalue weighted by Crippen LogP contribution is 2.24. The van der Waals surface area contributed by atoms with Crippen LogP contribution < -0.4 is 5.32 Å². The van der Waals surface area contributed by atoms with Crippen molar-refractivity contribution in [3.63, 3.8) is 0 Å². The summed E-state index contributed by atoms with van der Waals surface area (Å²) >= 11 is 1.75. The third-order valence-electron chi connectivity index (χ3n) is 2.66. The van der Waals surface area contributed by atoms with Crippen LogP contribution in [-0.4, -0.2) is 28.6 Å². The van der Waals surface area contributed by atoms with E-state index in [2.05, 4.69) is 25.4 Å². The molecule has 0 bridgehead atoms. The van der Waals surface area contributed by atoms with Crippen LogP contribution in [0.5, 0.6) is 0 Å². The van der Waals surface area contributed by atoms with Crippen molar-refractivity contribution < 1.29 is 9.90 Å². The predicted octanol–water partition coefficient (Wildman–Crippen LogP) is 3.25. The minimum atomic E-state index is -0.894. The standard InChI is InChI=1S/C13H19NO2S/c1-9-5-6-10(12(15)16)11(7-9)14-8-13(2,3)17-4/h5-7,14H,8H2,1-4H3,(H,15,16). The molecule has 0 spiro atoms. The van der Waals surface area contributed by atoms with Gasteiger partial charge in [0.15, 0.2) is 0 Å². The van der Waals surface area contributed by atoms with Gasteiger partial charge in [-0.05, 0) is 44.7 Å². The summed E-state index contributed by atoms with van der Waals surface area (Å²) in [5.41, 5.74) is 2.08. The Labute approximate surface area is 107 Å². The van der Waals surface area contributed by atoms with Crippen LogP contribution in [0.2, 0.25) is 0 Å². The van der Waals surface area contributed by atoms with Gasteiger partial charge in [-0.25, -0.2) is 4.79 Å². The van der Waals surface area contributed by atoms with Crippen LogP contribution in [0, 0.1) is 6.92 Å². The third-order valence-corrected chi connectivity index (χ3v) is 3.91. The summed E-state index contributed by atoms with van der Waals surface area (Å²) in [6.45, 7) is 6.94. The van der Waals surface area contributed by atoms with E-state index in [9.17, 15) is 4.79 Å². The lowest BCUT2D eigenvalue weighted by molar-refractivity contribution is 0.0698. The summed E-state index contributed by atoms with van der Waals surface area (Å²) in [4.78, 5) is 11.1. The fourth-order valence-electron chi connectivity index (χ4n) is 1.37. The molecule has 17 heavy (non-hydrogen) atoms. The molecular formula is C13H19NO2S. The molecule has 0 heterocycles. The van der Waals surface area contributed by atoms with Gasteiger partial charge in [0.1, 0.15) is 0 Å². The van der Waals surface area contributed by atoms with Gasteiger partial charge in [-0.2, -0.15) is 11.8 Å². The Balaban J connectivity index is 2.89. The first kappa shape index (κ1) is 13.9. The smallest absolute Gasteiger partial charge is 0.337 e. The van der Waals surface area contributed by atoms with Gasteiger partial charge in [0.25, 0.3) is 0 Å². The van der Waals surface area contributed by atoms with Crippen LogP contribution in [0.25, 0.3) is 0 Å². The number of carboxylic acid groups (broad SMARTS) is 1. The van der Waals surface area contributed by atoms with E-state index in [0.29, 0.717) is 11.3 Å². The SMILES string of the molecule is CSC(C)(C)CNc1cc(C)ccc1C(=O)O. The predicted molar refractivity (Wildman–Crippen MR) is 74.2 cm³/mol. The van der Waals surface area contributed by atoms with E-state index in [1.54, 1.807) is 17.8 Å². The van der Waals surface area contributed by atoms with Crippen molar-refractivity contribution in [2.75, 3.05) is 18.1 Å². The zero-order valence-electron chi connectivity index (χ0n) is 10.7. The minimum absolute atomic E-state index is 0.0829. The maximum Gasteiger partial charge on any atom is 0.337 e. The molecule has 0 unspecified atom stereocenters. The van der Waals surface area contributed by atoms with Gasteiger partial charge in [0.2, 0.25) is 0 Å². The summed E-state index contributed by atoms with van der Waals surface area (Å²) in [5, 5.41) is 12.3. The molecule has 1 aromatic rings. The number of benzene rings is 1. The van der Waals surface area contributed by atoms with Crippen molar-refractivity contribution in [2.24, 2.45) is 0 Å². The number of carboxylic acids is 1. The van der Waals surface area contributed by atoms with Crippen molar-refractivity contribution >= 4 is 23.4 Å². The van der Waals surface area contributed by atoms with E-state index in [1.807, 2.05) is 19.1 Å². The van der Waals surface area contributed by atoms with Gasteiger partial charge in [-0.3, -0.25) is 0 Å². The first-order chi connectivity index (χ1) is 7.85. The lowest BCUT2D eigenvalue weighted by Crippen LogP contribution is -2.26. The summed E-state index contributed by atoms with van der Waals surface area (Å²) in [5.74, 6) is -0.894. The quantitative estimate of drug-likeness (QED) is 0.845. The molecule has 1 rings (SSSR count). The molecule has 0 aliphatic heterocycles. The molecule has 0 fully saturated rings. The Bertz CT molecular complexity index is 416. The molecule has 0 radical (unpaired) electrons. The summed E-state index contributed by atoms with van der Waals surface area (Å²) in [6.07, 6.45) is 2.05. The second-order valence-electron chi connectivity index (χ2n) is 4.67. The second kappa shape index (κ2) is 5.45. The molecule has 0 atom stereocenters. The molecule has 2 N–H and O–H groups in total. The largest absolute Gasteiger partial charge is 0.478 e. The normalized spacial score (nSPS) is 11.3. The molecule has 0 aliphatic rings. The Kier molecular flexibility index (Phi) is 4.46. The van der Waals surface area contributed by atoms with Gasteiger partial charge < -0.3 is 10.4 Å². The molecule has 94 valence electrons. The van der Waals surface area contributed by atoms with Crippen molar-refractivity contribution in [3.05, 3.63) is 29.3 Å². The zero-order chi connectivity index (χ0) is 13.1. The highest BCUT2D eigenvalue weighted by molar-refractivity contribution is 7.99. The Morgan fingerprint density at radius 2 is 2.12 bits per heavy atom. The average Bonchev–Trinajstić information content (AvgIpc) is 2.26. The Morgan fingerprint density at radius 1 is 1.47 bits per heavy atom. The van der Waals surface area contributed by atoms with E-state index < -0.39 is 5.97 Å². The van der Waals surface area contributed by atoms with Crippen molar-refractivity contribution in [1.29, 1.82) is 0 Å². The third kappa shape index (κ3) is 3.97. The van der Waals surface area contributed by atoms with Crippen molar-refractivity contribution in [3.8, 4) is 0 Å². The number of thioether (sulfide) groups is 1. The number of aromatic carboxylic acids is 1. The van der Waals surface area contributed by atoms with E-state index >= 15 is 0 Å². The topological polar surface area (TPSA) is 49.3 Å². The van der Waals surface area contributed by atoms with Gasteiger partial charge in [-0.1, -0.05) is 6.07 Å². The molecule has 4 heteroatoms. The molecule has 0 amide bonds. The number of anilines is 1. The van der Waals surface area contributed by atoms with Crippen LogP contribution in [0.4, 0.5) is 5.69 Å². The number of nitrogens with one attached hydrogen (secondary N) is 1. The molecular weight excluding hydrogens is 234 g/mol. The van der Waals surface area contributed by atoms with Crippen LogP contribution in [0.1, 0.15) is 29.8 Å². The van der Waals surface area contributed by atoms with Gasteiger partial charge >= 0.3 is 5.97 Å².